The van der Waals surface area contributed by atoms with Gasteiger partial charge in [0.25, 0.3) is 0 Å². The highest BCUT2D eigenvalue weighted by molar-refractivity contribution is 7.23. The molecule has 0 N–H and O–H groups in total. The van der Waals surface area contributed by atoms with E-state index in [2.05, 4.69) is 15.0 Å². The Morgan fingerprint density at radius 1 is 1.48 bits per heavy atom. The van der Waals surface area contributed by atoms with E-state index in [0.29, 0.717) is 17.0 Å². The molecule has 0 saturated heterocycles. The van der Waals surface area contributed by atoms with E-state index in [9.17, 15) is 8.96 Å². The molecule has 8 nitrogen and oxygen atoms in total. The molecule has 2 atom stereocenters. The van der Waals surface area contributed by atoms with Gasteiger partial charge in [0, 0.05) is 6.08 Å². The van der Waals surface area contributed by atoms with Crippen LogP contribution in [0.5, 0.6) is 5.88 Å². The smallest absolute Gasteiger partial charge is 0.245 e. The summed E-state index contributed by atoms with van der Waals surface area (Å²) in [7, 11) is 1.26. The monoisotopic (exact) mass is 312 g/mol. The molecule has 110 valence electrons. The third-order valence-corrected chi connectivity index (χ3v) is 3.11. The minimum absolute atomic E-state index is 0.0815. The van der Waals surface area contributed by atoms with Gasteiger partial charge in [-0.2, -0.15) is 4.98 Å². The van der Waals surface area contributed by atoms with Gasteiger partial charge in [0.2, 0.25) is 5.88 Å². The van der Waals surface area contributed by atoms with Crippen molar-refractivity contribution >= 4 is 19.6 Å². The largest absolute Gasteiger partial charge is 0.479 e. The number of rotatable bonds is 5. The average Bonchev–Trinajstić information content (AvgIpc) is 3.08. The number of hydrogen-bond donors (Lipinski definition) is 0. The van der Waals surface area contributed by atoms with E-state index in [1.54, 1.807) is 0 Å². The first-order valence-electron chi connectivity index (χ1n) is 5.89. The summed E-state index contributed by atoms with van der Waals surface area (Å²) in [5, 5.41) is 0. The van der Waals surface area contributed by atoms with Crippen LogP contribution >= 0.6 is 8.46 Å². The summed E-state index contributed by atoms with van der Waals surface area (Å²) in [6.45, 7) is 0. The Balaban J connectivity index is 1.91. The van der Waals surface area contributed by atoms with Crippen molar-refractivity contribution in [1.82, 2.24) is 19.5 Å². The fourth-order valence-corrected chi connectivity index (χ4v) is 2.19. The van der Waals surface area contributed by atoms with Gasteiger partial charge >= 0.3 is 0 Å². The predicted octanol–water partition coefficient (Wildman–Crippen LogP) is 1.81. The SMILES string of the molecule is COc1ncnc2c1ncn2[C@@H]1O[C@H](OCP=O)C=C1F. The fourth-order valence-electron chi connectivity index (χ4n) is 1.98. The summed E-state index contributed by atoms with van der Waals surface area (Å²) in [6.07, 6.45) is 1.82. The van der Waals surface area contributed by atoms with Gasteiger partial charge in [-0.05, 0) is 0 Å². The van der Waals surface area contributed by atoms with Gasteiger partial charge < -0.3 is 14.2 Å². The van der Waals surface area contributed by atoms with Crippen LogP contribution in [0.25, 0.3) is 11.2 Å². The highest BCUT2D eigenvalue weighted by Gasteiger charge is 2.31. The van der Waals surface area contributed by atoms with E-state index in [4.69, 9.17) is 14.2 Å². The van der Waals surface area contributed by atoms with Gasteiger partial charge in [0.05, 0.1) is 13.4 Å². The molecule has 0 spiro atoms. The normalized spacial score (nSPS) is 21.9. The Morgan fingerprint density at radius 2 is 2.33 bits per heavy atom. The van der Waals surface area contributed by atoms with Crippen molar-refractivity contribution < 1.29 is 23.2 Å². The number of halogens is 1. The Bertz CT molecular complexity index is 707. The molecule has 3 rings (SSSR count). The van der Waals surface area contributed by atoms with E-state index < -0.39 is 18.3 Å². The number of methoxy groups -OCH3 is 1. The number of imidazole rings is 1. The summed E-state index contributed by atoms with van der Waals surface area (Å²) in [5.41, 5.74) is 0.775. The van der Waals surface area contributed by atoms with E-state index in [1.807, 2.05) is 0 Å². The molecule has 0 aromatic carbocycles. The van der Waals surface area contributed by atoms with Crippen molar-refractivity contribution in [2.24, 2.45) is 0 Å². The first kappa shape index (κ1) is 14.0. The van der Waals surface area contributed by atoms with Crippen LogP contribution in [0.1, 0.15) is 6.23 Å². The molecule has 0 fully saturated rings. The van der Waals surface area contributed by atoms with Crippen LogP contribution in [0, 0.1) is 0 Å². The molecule has 2 aromatic rings. The van der Waals surface area contributed by atoms with Crippen LogP contribution < -0.4 is 4.74 Å². The van der Waals surface area contributed by atoms with Gasteiger partial charge in [-0.15, -0.1) is 0 Å². The zero-order valence-corrected chi connectivity index (χ0v) is 11.7. The van der Waals surface area contributed by atoms with Crippen LogP contribution in [0.2, 0.25) is 0 Å². The van der Waals surface area contributed by atoms with E-state index >= 15 is 0 Å². The minimum Gasteiger partial charge on any atom is -0.479 e. The molecule has 2 aromatic heterocycles. The van der Waals surface area contributed by atoms with Crippen molar-refractivity contribution in [2.45, 2.75) is 12.5 Å². The first-order chi connectivity index (χ1) is 10.2. The lowest BCUT2D eigenvalue weighted by Crippen LogP contribution is -2.15. The minimum atomic E-state index is -1.04. The topological polar surface area (TPSA) is 88.4 Å². The average molecular weight is 312 g/mol. The highest BCUT2D eigenvalue weighted by Crippen LogP contribution is 2.33. The summed E-state index contributed by atoms with van der Waals surface area (Å²) < 4.78 is 41.3. The second kappa shape index (κ2) is 5.80. The third-order valence-electron chi connectivity index (χ3n) is 2.86. The van der Waals surface area contributed by atoms with Gasteiger partial charge in [-0.3, -0.25) is 9.13 Å². The standard InChI is InChI=1S/C11H10FN4O4P/c1-18-10-8-9(13-3-14-10)16(4-15-8)11-6(12)2-7(20-11)19-5-21-17/h2-4,7,11H,5H2,1H3/t7-,11+/m0/s1. The molecule has 0 saturated carbocycles. The lowest BCUT2D eigenvalue weighted by Gasteiger charge is -2.15. The molecule has 0 unspecified atom stereocenters. The lowest BCUT2D eigenvalue weighted by atomic mass is 10.4. The molecule has 0 amide bonds. The Morgan fingerprint density at radius 3 is 3.10 bits per heavy atom. The van der Waals surface area contributed by atoms with Gasteiger partial charge in [0.1, 0.15) is 12.7 Å². The van der Waals surface area contributed by atoms with Crippen LogP contribution in [-0.4, -0.2) is 39.3 Å². The fraction of sp³-hybridized carbons (Fsp3) is 0.364. The van der Waals surface area contributed by atoms with Crippen LogP contribution in [0.3, 0.4) is 0 Å². The van der Waals surface area contributed by atoms with E-state index in [1.165, 1.54) is 30.4 Å². The molecular formula is C11H10FN4O4P. The molecule has 21 heavy (non-hydrogen) atoms. The van der Waals surface area contributed by atoms with Crippen molar-refractivity contribution in [1.29, 1.82) is 0 Å². The highest BCUT2D eigenvalue weighted by atomic mass is 31.1. The summed E-state index contributed by atoms with van der Waals surface area (Å²) in [4.78, 5) is 12.1. The zero-order chi connectivity index (χ0) is 14.8. The number of aromatic nitrogens is 4. The maximum Gasteiger partial charge on any atom is 0.245 e. The van der Waals surface area contributed by atoms with Gasteiger partial charge in [-0.1, -0.05) is 0 Å². The maximum absolute atomic E-state index is 14.0. The first-order valence-corrected chi connectivity index (χ1v) is 6.89. The number of fused-ring (bicyclic) bond motifs is 1. The second-order valence-corrected chi connectivity index (χ2v) is 4.56. The third kappa shape index (κ3) is 2.51. The van der Waals surface area contributed by atoms with Crippen molar-refractivity contribution in [3.05, 3.63) is 24.6 Å². The Kier molecular flexibility index (Phi) is 3.87. The Hall–Kier alpha value is -1.96. The lowest BCUT2D eigenvalue weighted by molar-refractivity contribution is -0.127. The van der Waals surface area contributed by atoms with E-state index in [-0.39, 0.29) is 14.8 Å². The van der Waals surface area contributed by atoms with Crippen LogP contribution in [0.15, 0.2) is 24.6 Å². The van der Waals surface area contributed by atoms with Crippen LogP contribution in [-0.2, 0) is 14.0 Å². The van der Waals surface area contributed by atoms with E-state index in [0.717, 1.165) is 0 Å². The van der Waals surface area contributed by atoms with Crippen LogP contribution in [0.4, 0.5) is 4.39 Å². The molecule has 1 aliphatic rings. The quantitative estimate of drug-likeness (QED) is 0.778. The zero-order valence-electron chi connectivity index (χ0n) is 10.8. The molecule has 1 aliphatic heterocycles. The summed E-state index contributed by atoms with van der Waals surface area (Å²) in [5.74, 6) is -0.251. The maximum atomic E-state index is 14.0. The molecule has 3 heterocycles. The molecular weight excluding hydrogens is 302 g/mol. The predicted molar refractivity (Wildman–Crippen MR) is 68.5 cm³/mol. The second-order valence-electron chi connectivity index (χ2n) is 4.04. The summed E-state index contributed by atoms with van der Waals surface area (Å²) in [6, 6.07) is 0. The Labute approximate surface area is 119 Å². The van der Waals surface area contributed by atoms with Gasteiger partial charge in [-0.25, -0.2) is 14.4 Å². The molecule has 0 aliphatic carbocycles. The molecule has 0 bridgehead atoms. The molecule has 0 radical (unpaired) electrons. The van der Waals surface area contributed by atoms with Crippen molar-refractivity contribution in [3.63, 3.8) is 0 Å². The molecule has 10 heteroatoms. The number of ether oxygens (including phenoxy) is 3. The van der Waals surface area contributed by atoms with Crippen molar-refractivity contribution in [3.8, 4) is 5.88 Å². The summed E-state index contributed by atoms with van der Waals surface area (Å²) >= 11 is 0. The number of nitrogens with zero attached hydrogens (tertiary/aromatic N) is 4. The van der Waals surface area contributed by atoms with Gasteiger partial charge in [0.15, 0.2) is 38.0 Å². The van der Waals surface area contributed by atoms with Crippen molar-refractivity contribution in [2.75, 3.05) is 13.5 Å². The number of hydrogen-bond acceptors (Lipinski definition) is 7.